The minimum atomic E-state index is -3.64. The van der Waals surface area contributed by atoms with Crippen molar-refractivity contribution in [1.29, 1.82) is 0 Å². The van der Waals surface area contributed by atoms with Crippen LogP contribution in [0.5, 0.6) is 0 Å². The van der Waals surface area contributed by atoms with Gasteiger partial charge in [-0.25, -0.2) is 8.42 Å². The molecule has 0 spiro atoms. The van der Waals surface area contributed by atoms with Gasteiger partial charge >= 0.3 is 0 Å². The molecule has 0 unspecified atom stereocenters. The number of hydrogen-bond donors (Lipinski definition) is 1. The largest absolute Gasteiger partial charge is 0.325 e. The Labute approximate surface area is 165 Å². The summed E-state index contributed by atoms with van der Waals surface area (Å²) in [5.74, 6) is -0.398. The van der Waals surface area contributed by atoms with Crippen LogP contribution in [0.15, 0.2) is 52.3 Å². The predicted molar refractivity (Wildman–Crippen MR) is 106 cm³/mol. The number of pyridine rings is 1. The van der Waals surface area contributed by atoms with E-state index in [0.717, 1.165) is 21.0 Å². The van der Waals surface area contributed by atoms with Gasteiger partial charge in [0.2, 0.25) is 15.9 Å². The van der Waals surface area contributed by atoms with E-state index in [2.05, 4.69) is 27.9 Å². The molecule has 0 saturated carbocycles. The molecule has 3 rings (SSSR count). The van der Waals surface area contributed by atoms with Crippen LogP contribution in [0.1, 0.15) is 12.8 Å². The van der Waals surface area contributed by atoms with E-state index in [4.69, 9.17) is 0 Å². The van der Waals surface area contributed by atoms with Gasteiger partial charge in [-0.05, 0) is 59.7 Å². The summed E-state index contributed by atoms with van der Waals surface area (Å²) in [6.45, 7) is 0.705. The van der Waals surface area contributed by atoms with E-state index in [-0.39, 0.29) is 11.4 Å². The van der Waals surface area contributed by atoms with Crippen molar-refractivity contribution in [1.82, 2.24) is 8.87 Å². The van der Waals surface area contributed by atoms with Crippen molar-refractivity contribution in [3.05, 3.63) is 56.5 Å². The van der Waals surface area contributed by atoms with Gasteiger partial charge in [0.1, 0.15) is 6.54 Å². The number of halogens is 1. The number of anilines is 1. The highest BCUT2D eigenvalue weighted by Gasteiger charge is 2.27. The van der Waals surface area contributed by atoms with Gasteiger partial charge in [-0.15, -0.1) is 0 Å². The number of rotatable bonds is 5. The topological polar surface area (TPSA) is 88.5 Å². The van der Waals surface area contributed by atoms with Gasteiger partial charge in [-0.1, -0.05) is 6.07 Å². The molecule has 1 aliphatic rings. The minimum Gasteiger partial charge on any atom is -0.325 e. The summed E-state index contributed by atoms with van der Waals surface area (Å²) >= 11 is 2.13. The molecule has 2 aromatic rings. The van der Waals surface area contributed by atoms with E-state index in [1.54, 1.807) is 12.1 Å². The van der Waals surface area contributed by atoms with E-state index < -0.39 is 21.5 Å². The Balaban J connectivity index is 1.79. The van der Waals surface area contributed by atoms with Crippen LogP contribution in [0.25, 0.3) is 0 Å². The normalized spacial score (nSPS) is 15.1. The van der Waals surface area contributed by atoms with E-state index in [9.17, 15) is 18.0 Å². The van der Waals surface area contributed by atoms with Crippen LogP contribution in [-0.2, 0) is 21.4 Å². The zero-order chi connectivity index (χ0) is 18.7. The van der Waals surface area contributed by atoms with Gasteiger partial charge in [0.05, 0.1) is 4.90 Å². The standard InChI is InChI=1S/C17H18IN3O4S/c18-13-4-3-5-14(10-13)19-16(22)12-20-11-15(6-7-17(20)23)26(24,25)21-8-1-2-9-21/h3-7,10-11H,1-2,8-9,12H2,(H,19,22). The summed E-state index contributed by atoms with van der Waals surface area (Å²) in [7, 11) is -3.64. The lowest BCUT2D eigenvalue weighted by molar-refractivity contribution is -0.116. The van der Waals surface area contributed by atoms with Crippen molar-refractivity contribution in [3.63, 3.8) is 0 Å². The number of sulfonamides is 1. The molecule has 1 aliphatic heterocycles. The summed E-state index contributed by atoms with van der Waals surface area (Å²) in [6.07, 6.45) is 2.90. The number of amides is 1. The lowest BCUT2D eigenvalue weighted by Gasteiger charge is -2.16. The molecule has 1 fully saturated rings. The van der Waals surface area contributed by atoms with E-state index in [1.807, 2.05) is 12.1 Å². The van der Waals surface area contributed by atoms with Gasteiger partial charge in [0.15, 0.2) is 0 Å². The molecule has 7 nitrogen and oxygen atoms in total. The summed E-state index contributed by atoms with van der Waals surface area (Å²) < 4.78 is 28.7. The highest BCUT2D eigenvalue weighted by molar-refractivity contribution is 14.1. The molecule has 1 amide bonds. The molecule has 1 N–H and O–H groups in total. The van der Waals surface area contributed by atoms with Crippen LogP contribution < -0.4 is 10.9 Å². The van der Waals surface area contributed by atoms with Crippen molar-refractivity contribution in [2.75, 3.05) is 18.4 Å². The maximum absolute atomic E-state index is 12.6. The molecule has 0 atom stereocenters. The van der Waals surface area contributed by atoms with Crippen LogP contribution in [-0.4, -0.2) is 36.3 Å². The van der Waals surface area contributed by atoms with Crippen LogP contribution in [0.3, 0.4) is 0 Å². The van der Waals surface area contributed by atoms with Crippen molar-refractivity contribution in [2.45, 2.75) is 24.3 Å². The van der Waals surface area contributed by atoms with E-state index in [0.29, 0.717) is 18.8 Å². The lowest BCUT2D eigenvalue weighted by atomic mass is 10.3. The molecular formula is C17H18IN3O4S. The Bertz CT molecular complexity index is 981. The van der Waals surface area contributed by atoms with Crippen LogP contribution in [0, 0.1) is 3.57 Å². The zero-order valence-corrected chi connectivity index (χ0v) is 16.9. The number of benzene rings is 1. The number of nitrogens with one attached hydrogen (secondary N) is 1. The predicted octanol–water partition coefficient (Wildman–Crippen LogP) is 1.88. The second kappa shape index (κ2) is 7.89. The highest BCUT2D eigenvalue weighted by atomic mass is 127. The number of carbonyl (C=O) groups is 1. The molecule has 0 radical (unpaired) electrons. The number of hydrogen-bond acceptors (Lipinski definition) is 4. The summed E-state index contributed by atoms with van der Waals surface area (Å²) in [5.41, 5.74) is 0.193. The maximum atomic E-state index is 12.6. The lowest BCUT2D eigenvalue weighted by Crippen LogP contribution is -2.31. The monoisotopic (exact) mass is 487 g/mol. The molecule has 26 heavy (non-hydrogen) atoms. The molecule has 0 aliphatic carbocycles. The Kier molecular flexibility index (Phi) is 5.78. The molecule has 1 saturated heterocycles. The fraction of sp³-hybridized carbons (Fsp3) is 0.294. The first-order valence-corrected chi connectivity index (χ1v) is 10.6. The maximum Gasteiger partial charge on any atom is 0.251 e. The Morgan fingerprint density at radius 1 is 1.15 bits per heavy atom. The zero-order valence-electron chi connectivity index (χ0n) is 13.9. The smallest absolute Gasteiger partial charge is 0.251 e. The Morgan fingerprint density at radius 3 is 2.58 bits per heavy atom. The SMILES string of the molecule is O=C(Cn1cc(S(=O)(=O)N2CCCC2)ccc1=O)Nc1cccc(I)c1. The Morgan fingerprint density at radius 2 is 1.88 bits per heavy atom. The van der Waals surface area contributed by atoms with Crippen molar-refractivity contribution in [3.8, 4) is 0 Å². The first-order valence-electron chi connectivity index (χ1n) is 8.12. The first-order chi connectivity index (χ1) is 12.4. The minimum absolute atomic E-state index is 0.0288. The molecule has 9 heteroatoms. The van der Waals surface area contributed by atoms with Crippen molar-refractivity contribution in [2.24, 2.45) is 0 Å². The van der Waals surface area contributed by atoms with Crippen molar-refractivity contribution >= 4 is 44.2 Å². The average Bonchev–Trinajstić information content (AvgIpc) is 3.12. The molecule has 2 heterocycles. The number of nitrogens with zero attached hydrogens (tertiary/aromatic N) is 2. The highest BCUT2D eigenvalue weighted by Crippen LogP contribution is 2.19. The van der Waals surface area contributed by atoms with E-state index in [1.165, 1.54) is 22.6 Å². The van der Waals surface area contributed by atoms with Gasteiger partial charge in [0.25, 0.3) is 5.56 Å². The molecule has 1 aromatic heterocycles. The molecule has 0 bridgehead atoms. The van der Waals surface area contributed by atoms with Gasteiger partial charge in [-0.3, -0.25) is 9.59 Å². The molecule has 1 aromatic carbocycles. The first kappa shape index (κ1) is 19.1. The fourth-order valence-corrected chi connectivity index (χ4v) is 4.87. The summed E-state index contributed by atoms with van der Waals surface area (Å²) in [4.78, 5) is 24.3. The van der Waals surface area contributed by atoms with Gasteiger partial charge in [-0.2, -0.15) is 4.31 Å². The third-order valence-electron chi connectivity index (χ3n) is 4.08. The third kappa shape index (κ3) is 4.33. The second-order valence-electron chi connectivity index (χ2n) is 6.00. The van der Waals surface area contributed by atoms with Crippen LogP contribution in [0.2, 0.25) is 0 Å². The average molecular weight is 487 g/mol. The van der Waals surface area contributed by atoms with Crippen LogP contribution in [0.4, 0.5) is 5.69 Å². The molecule has 138 valence electrons. The summed E-state index contributed by atoms with van der Waals surface area (Å²) in [6, 6.07) is 9.73. The van der Waals surface area contributed by atoms with Gasteiger partial charge < -0.3 is 9.88 Å². The summed E-state index contributed by atoms with van der Waals surface area (Å²) in [5, 5.41) is 2.71. The molecular weight excluding hydrogens is 469 g/mol. The second-order valence-corrected chi connectivity index (χ2v) is 9.18. The van der Waals surface area contributed by atoms with Crippen molar-refractivity contribution < 1.29 is 13.2 Å². The Hall–Kier alpha value is -1.72. The third-order valence-corrected chi connectivity index (χ3v) is 6.63. The van der Waals surface area contributed by atoms with Crippen LogP contribution >= 0.6 is 22.6 Å². The van der Waals surface area contributed by atoms with E-state index >= 15 is 0 Å². The quantitative estimate of drug-likeness (QED) is 0.653. The number of carbonyl (C=O) groups excluding carboxylic acids is 1. The fourth-order valence-electron chi connectivity index (χ4n) is 2.78. The van der Waals surface area contributed by atoms with Gasteiger partial charge in [0, 0.05) is 34.6 Å². The number of aromatic nitrogens is 1.